The summed E-state index contributed by atoms with van der Waals surface area (Å²) in [4.78, 5) is 14.7. The molecule has 0 aromatic heterocycles. The summed E-state index contributed by atoms with van der Waals surface area (Å²) < 4.78 is 5.35. The lowest BCUT2D eigenvalue weighted by atomic mass is 10.1. The number of nitrogens with zero attached hydrogens (tertiary/aromatic N) is 2. The van der Waals surface area contributed by atoms with E-state index in [0.29, 0.717) is 34.5 Å². The first-order valence-corrected chi connectivity index (χ1v) is 9.14. The smallest absolute Gasteiger partial charge is 0.266 e. The fourth-order valence-electron chi connectivity index (χ4n) is 2.72. The summed E-state index contributed by atoms with van der Waals surface area (Å²) in [5.74, 6) is -0.521. The van der Waals surface area contributed by atoms with Crippen molar-refractivity contribution in [2.24, 2.45) is 0 Å². The van der Waals surface area contributed by atoms with Gasteiger partial charge in [-0.25, -0.2) is 0 Å². The second-order valence-electron chi connectivity index (χ2n) is 5.91. The molecule has 1 fully saturated rings. The number of nitrogens with one attached hydrogen (secondary N) is 1. The van der Waals surface area contributed by atoms with Crippen LogP contribution in [0, 0.1) is 11.3 Å². The lowest BCUT2D eigenvalue weighted by molar-refractivity contribution is -0.112. The first-order valence-electron chi connectivity index (χ1n) is 8.38. The maximum absolute atomic E-state index is 12.4. The van der Waals surface area contributed by atoms with E-state index in [4.69, 9.17) is 27.9 Å². The molecular weight excluding hydrogens is 385 g/mol. The van der Waals surface area contributed by atoms with Crippen molar-refractivity contribution in [3.63, 3.8) is 0 Å². The van der Waals surface area contributed by atoms with E-state index in [9.17, 15) is 10.1 Å². The van der Waals surface area contributed by atoms with Gasteiger partial charge < -0.3 is 15.0 Å². The lowest BCUT2D eigenvalue weighted by Crippen LogP contribution is -2.36. The Labute approximate surface area is 167 Å². The van der Waals surface area contributed by atoms with Crippen molar-refractivity contribution in [1.82, 2.24) is 0 Å². The second kappa shape index (κ2) is 8.92. The molecule has 1 amide bonds. The highest BCUT2D eigenvalue weighted by atomic mass is 35.5. The molecule has 1 saturated heterocycles. The Bertz CT molecular complexity index is 878. The number of hydrogen-bond donors (Lipinski definition) is 1. The average molecular weight is 402 g/mol. The molecule has 0 atom stereocenters. The van der Waals surface area contributed by atoms with Crippen molar-refractivity contribution in [2.45, 2.75) is 0 Å². The molecule has 27 heavy (non-hydrogen) atoms. The normalized spacial score (nSPS) is 14.6. The summed E-state index contributed by atoms with van der Waals surface area (Å²) in [7, 11) is 0. The van der Waals surface area contributed by atoms with E-state index in [0.717, 1.165) is 18.8 Å². The Balaban J connectivity index is 1.73. The molecule has 0 unspecified atom stereocenters. The Morgan fingerprint density at radius 2 is 1.74 bits per heavy atom. The first-order chi connectivity index (χ1) is 13.1. The van der Waals surface area contributed by atoms with Gasteiger partial charge >= 0.3 is 0 Å². The number of carbonyl (C=O) groups excluding carboxylic acids is 1. The van der Waals surface area contributed by atoms with Gasteiger partial charge in [0.1, 0.15) is 11.6 Å². The van der Waals surface area contributed by atoms with Crippen LogP contribution in [0.15, 0.2) is 48.0 Å². The van der Waals surface area contributed by atoms with E-state index in [1.165, 1.54) is 6.08 Å². The van der Waals surface area contributed by atoms with Crippen LogP contribution < -0.4 is 10.2 Å². The monoisotopic (exact) mass is 401 g/mol. The van der Waals surface area contributed by atoms with Crippen molar-refractivity contribution in [2.75, 3.05) is 36.5 Å². The number of ether oxygens (including phenoxy) is 1. The third kappa shape index (κ3) is 4.81. The molecule has 1 aliphatic heterocycles. The minimum absolute atomic E-state index is 0.0812. The van der Waals surface area contributed by atoms with Crippen LogP contribution in [0.5, 0.6) is 0 Å². The molecule has 2 aromatic carbocycles. The molecule has 1 heterocycles. The summed E-state index contributed by atoms with van der Waals surface area (Å²) in [6, 6.07) is 14.4. The minimum atomic E-state index is -0.521. The largest absolute Gasteiger partial charge is 0.378 e. The number of carbonyl (C=O) groups is 1. The van der Waals surface area contributed by atoms with Gasteiger partial charge in [0, 0.05) is 40.1 Å². The number of amides is 1. The Morgan fingerprint density at radius 1 is 1.11 bits per heavy atom. The number of hydrogen-bond acceptors (Lipinski definition) is 4. The van der Waals surface area contributed by atoms with Gasteiger partial charge in [0.05, 0.1) is 13.2 Å². The number of halogens is 2. The van der Waals surface area contributed by atoms with Crippen molar-refractivity contribution in [3.8, 4) is 6.07 Å². The van der Waals surface area contributed by atoms with Crippen LogP contribution in [0.25, 0.3) is 6.08 Å². The Morgan fingerprint density at radius 3 is 2.33 bits per heavy atom. The highest BCUT2D eigenvalue weighted by molar-refractivity contribution is 6.37. The number of morpholine rings is 1. The standard InChI is InChI=1S/C20H17Cl2N3O2/c21-18-2-1-3-19(22)17(18)12-14(13-23)20(26)24-15-4-6-16(7-5-15)25-8-10-27-11-9-25/h1-7,12H,8-11H2,(H,24,26)/b14-12+. The maximum atomic E-state index is 12.4. The van der Waals surface area contributed by atoms with Crippen LogP contribution in [0.1, 0.15) is 5.56 Å². The summed E-state index contributed by atoms with van der Waals surface area (Å²) in [5.41, 5.74) is 2.02. The molecule has 138 valence electrons. The maximum Gasteiger partial charge on any atom is 0.266 e. The molecule has 0 aliphatic carbocycles. The topological polar surface area (TPSA) is 65.4 Å². The zero-order valence-electron chi connectivity index (χ0n) is 14.4. The zero-order chi connectivity index (χ0) is 19.2. The van der Waals surface area contributed by atoms with Crippen molar-refractivity contribution in [3.05, 3.63) is 63.6 Å². The molecule has 2 aromatic rings. The van der Waals surface area contributed by atoms with Gasteiger partial charge in [0.25, 0.3) is 5.91 Å². The van der Waals surface area contributed by atoms with Crippen LogP contribution in [-0.2, 0) is 9.53 Å². The van der Waals surface area contributed by atoms with Gasteiger partial charge in [-0.1, -0.05) is 29.3 Å². The summed E-state index contributed by atoms with van der Waals surface area (Å²) >= 11 is 12.2. The fourth-order valence-corrected chi connectivity index (χ4v) is 3.22. The lowest BCUT2D eigenvalue weighted by Gasteiger charge is -2.28. The quantitative estimate of drug-likeness (QED) is 0.609. The number of nitriles is 1. The fraction of sp³-hybridized carbons (Fsp3) is 0.200. The molecule has 0 bridgehead atoms. The van der Waals surface area contributed by atoms with E-state index in [1.807, 2.05) is 18.2 Å². The summed E-state index contributed by atoms with van der Waals surface area (Å²) in [6.07, 6.45) is 1.39. The van der Waals surface area contributed by atoms with E-state index in [1.54, 1.807) is 30.3 Å². The predicted molar refractivity (Wildman–Crippen MR) is 108 cm³/mol. The molecule has 0 spiro atoms. The summed E-state index contributed by atoms with van der Waals surface area (Å²) in [5, 5.41) is 12.8. The van der Waals surface area contributed by atoms with Crippen LogP contribution in [-0.4, -0.2) is 32.2 Å². The zero-order valence-corrected chi connectivity index (χ0v) is 15.9. The number of rotatable bonds is 4. The minimum Gasteiger partial charge on any atom is -0.378 e. The molecular formula is C20H17Cl2N3O2. The Kier molecular flexibility index (Phi) is 6.36. The van der Waals surface area contributed by atoms with Crippen LogP contribution in [0.2, 0.25) is 10.0 Å². The van der Waals surface area contributed by atoms with Gasteiger partial charge in [0.2, 0.25) is 0 Å². The molecule has 0 radical (unpaired) electrons. The van der Waals surface area contributed by atoms with Crippen molar-refractivity contribution >= 4 is 46.6 Å². The molecule has 1 aliphatic rings. The molecule has 7 heteroatoms. The van der Waals surface area contributed by atoms with Gasteiger partial charge in [-0.3, -0.25) is 4.79 Å². The van der Waals surface area contributed by atoms with Crippen LogP contribution >= 0.6 is 23.2 Å². The molecule has 5 nitrogen and oxygen atoms in total. The predicted octanol–water partition coefficient (Wildman–Crippen LogP) is 4.38. The third-order valence-corrected chi connectivity index (χ3v) is 4.81. The Hall–Kier alpha value is -2.52. The van der Waals surface area contributed by atoms with Crippen molar-refractivity contribution < 1.29 is 9.53 Å². The van der Waals surface area contributed by atoms with Gasteiger partial charge in [-0.2, -0.15) is 5.26 Å². The third-order valence-electron chi connectivity index (χ3n) is 4.15. The van der Waals surface area contributed by atoms with Crippen LogP contribution in [0.3, 0.4) is 0 Å². The average Bonchev–Trinajstić information content (AvgIpc) is 2.69. The van der Waals surface area contributed by atoms with Crippen LogP contribution in [0.4, 0.5) is 11.4 Å². The molecule has 0 saturated carbocycles. The van der Waals surface area contributed by atoms with E-state index < -0.39 is 5.91 Å². The van der Waals surface area contributed by atoms with E-state index in [2.05, 4.69) is 10.2 Å². The summed E-state index contributed by atoms with van der Waals surface area (Å²) in [6.45, 7) is 3.09. The molecule has 1 N–H and O–H groups in total. The highest BCUT2D eigenvalue weighted by Crippen LogP contribution is 2.27. The number of anilines is 2. The number of benzene rings is 2. The van der Waals surface area contributed by atoms with E-state index in [-0.39, 0.29) is 5.57 Å². The first kappa shape index (κ1) is 19.2. The molecule has 3 rings (SSSR count). The van der Waals surface area contributed by atoms with E-state index >= 15 is 0 Å². The van der Waals surface area contributed by atoms with Gasteiger partial charge in [0.15, 0.2) is 0 Å². The van der Waals surface area contributed by atoms with Gasteiger partial charge in [-0.05, 0) is 42.5 Å². The van der Waals surface area contributed by atoms with Gasteiger partial charge in [-0.15, -0.1) is 0 Å². The highest BCUT2D eigenvalue weighted by Gasteiger charge is 2.14. The van der Waals surface area contributed by atoms with Crippen molar-refractivity contribution in [1.29, 1.82) is 5.26 Å². The SMILES string of the molecule is N#C/C(=C\c1c(Cl)cccc1Cl)C(=O)Nc1ccc(N2CCOCC2)cc1. The second-order valence-corrected chi connectivity index (χ2v) is 6.72.